The van der Waals surface area contributed by atoms with Gasteiger partial charge in [0.1, 0.15) is 18.1 Å². The first-order chi connectivity index (χ1) is 13.6. The van der Waals surface area contributed by atoms with Crippen LogP contribution in [0.1, 0.15) is 6.92 Å². The molecule has 28 heavy (non-hydrogen) atoms. The van der Waals surface area contributed by atoms with Crippen LogP contribution in [0.5, 0.6) is 11.5 Å². The monoisotopic (exact) mass is 373 g/mol. The van der Waals surface area contributed by atoms with E-state index in [0.29, 0.717) is 23.8 Å². The van der Waals surface area contributed by atoms with Gasteiger partial charge < -0.3 is 14.8 Å². The molecule has 1 amide bonds. The van der Waals surface area contributed by atoms with Gasteiger partial charge >= 0.3 is 0 Å². The molecule has 0 aliphatic heterocycles. The molecule has 0 atom stereocenters. The topological polar surface area (TPSA) is 47.6 Å². The highest BCUT2D eigenvalue weighted by molar-refractivity contribution is 5.93. The lowest BCUT2D eigenvalue weighted by atomic mass is 10.1. The van der Waals surface area contributed by atoms with Crippen molar-refractivity contribution in [1.29, 1.82) is 0 Å². The van der Waals surface area contributed by atoms with Crippen LogP contribution in [-0.4, -0.2) is 19.1 Å². The van der Waals surface area contributed by atoms with Crippen LogP contribution >= 0.6 is 0 Å². The van der Waals surface area contributed by atoms with Crippen molar-refractivity contribution >= 4 is 11.6 Å². The van der Waals surface area contributed by atoms with Crippen LogP contribution in [0.2, 0.25) is 0 Å². The van der Waals surface area contributed by atoms with E-state index in [9.17, 15) is 4.79 Å². The van der Waals surface area contributed by atoms with Gasteiger partial charge in [-0.15, -0.1) is 0 Å². The molecule has 1 N–H and O–H groups in total. The van der Waals surface area contributed by atoms with Crippen LogP contribution in [0.25, 0.3) is 11.1 Å². The fraction of sp³-hybridized carbons (Fsp3) is 0.125. The predicted octanol–water partition coefficient (Wildman–Crippen LogP) is 5.33. The van der Waals surface area contributed by atoms with Gasteiger partial charge in [0.2, 0.25) is 0 Å². The number of amides is 1. The molecule has 0 aromatic heterocycles. The third kappa shape index (κ3) is 5.48. The summed E-state index contributed by atoms with van der Waals surface area (Å²) in [5, 5.41) is 2.82. The van der Waals surface area contributed by atoms with Gasteiger partial charge in [-0.1, -0.05) is 61.2 Å². The first kappa shape index (κ1) is 19.2. The number of carbonyl (C=O) groups excluding carboxylic acids is 1. The molecular weight excluding hydrogens is 350 g/mol. The second-order valence-electron chi connectivity index (χ2n) is 6.47. The summed E-state index contributed by atoms with van der Waals surface area (Å²) in [6.07, 6.45) is 0. The Morgan fingerprint density at radius 1 is 0.821 bits per heavy atom. The van der Waals surface area contributed by atoms with Crippen molar-refractivity contribution in [3.05, 3.63) is 91.0 Å². The van der Waals surface area contributed by atoms with Gasteiger partial charge in [0.15, 0.2) is 6.61 Å². The van der Waals surface area contributed by atoms with Crippen LogP contribution in [0.4, 0.5) is 5.69 Å². The second kappa shape index (κ2) is 9.42. The highest BCUT2D eigenvalue weighted by Crippen LogP contribution is 2.25. The Bertz CT molecular complexity index is 934. The van der Waals surface area contributed by atoms with Crippen LogP contribution in [0.15, 0.2) is 91.0 Å². The van der Waals surface area contributed by atoms with Crippen LogP contribution < -0.4 is 14.8 Å². The first-order valence-electron chi connectivity index (χ1n) is 9.06. The Morgan fingerprint density at radius 2 is 1.46 bits per heavy atom. The lowest BCUT2D eigenvalue weighted by Gasteiger charge is -2.13. The molecule has 0 unspecified atom stereocenters. The second-order valence-corrected chi connectivity index (χ2v) is 6.47. The Hall–Kier alpha value is -3.53. The summed E-state index contributed by atoms with van der Waals surface area (Å²) in [6.45, 7) is 6.02. The van der Waals surface area contributed by atoms with Crippen molar-refractivity contribution in [3.8, 4) is 22.6 Å². The van der Waals surface area contributed by atoms with E-state index in [1.807, 2.05) is 67.6 Å². The maximum absolute atomic E-state index is 12.3. The maximum atomic E-state index is 12.3. The minimum Gasteiger partial charge on any atom is -0.487 e. The molecule has 3 aromatic rings. The smallest absolute Gasteiger partial charge is 0.262 e. The summed E-state index contributed by atoms with van der Waals surface area (Å²) >= 11 is 0. The lowest BCUT2D eigenvalue weighted by molar-refractivity contribution is -0.118. The number of benzene rings is 3. The zero-order valence-corrected chi connectivity index (χ0v) is 15.9. The third-order valence-corrected chi connectivity index (χ3v) is 3.97. The molecule has 0 heterocycles. The predicted molar refractivity (Wildman–Crippen MR) is 113 cm³/mol. The minimum absolute atomic E-state index is 0.0838. The van der Waals surface area contributed by atoms with E-state index in [1.54, 1.807) is 6.07 Å². The average molecular weight is 373 g/mol. The Balaban J connectivity index is 1.55. The fourth-order valence-corrected chi connectivity index (χ4v) is 2.61. The van der Waals surface area contributed by atoms with Crippen LogP contribution in [-0.2, 0) is 4.79 Å². The molecule has 0 radical (unpaired) electrons. The first-order valence-corrected chi connectivity index (χ1v) is 9.06. The Kier molecular flexibility index (Phi) is 6.47. The van der Waals surface area contributed by atoms with Gasteiger partial charge in [0.25, 0.3) is 5.91 Å². The molecule has 0 aliphatic rings. The number of nitrogens with one attached hydrogen (secondary N) is 1. The summed E-state index contributed by atoms with van der Waals surface area (Å²) in [6, 6.07) is 25.1. The fourth-order valence-electron chi connectivity index (χ4n) is 2.61. The quantitative estimate of drug-likeness (QED) is 0.543. The third-order valence-electron chi connectivity index (χ3n) is 3.97. The number of rotatable bonds is 8. The normalized spacial score (nSPS) is 10.2. The Morgan fingerprint density at radius 3 is 2.18 bits per heavy atom. The van der Waals surface area contributed by atoms with Crippen LogP contribution in [0.3, 0.4) is 0 Å². The van der Waals surface area contributed by atoms with Crippen molar-refractivity contribution in [2.24, 2.45) is 0 Å². The number of carbonyl (C=O) groups is 1. The number of hydrogen-bond donors (Lipinski definition) is 1. The summed E-state index contributed by atoms with van der Waals surface area (Å²) in [4.78, 5) is 12.3. The molecule has 3 aromatic carbocycles. The van der Waals surface area contributed by atoms with Gasteiger partial charge in [-0.05, 0) is 47.9 Å². The van der Waals surface area contributed by atoms with Crippen molar-refractivity contribution in [1.82, 2.24) is 0 Å². The SMILES string of the molecule is C=C(C)COc1ccccc1NC(=O)COc1ccc(-c2ccccc2)cc1. The number of ether oxygens (including phenoxy) is 2. The molecule has 0 saturated carbocycles. The van der Waals surface area contributed by atoms with E-state index in [2.05, 4.69) is 24.0 Å². The highest BCUT2D eigenvalue weighted by atomic mass is 16.5. The summed E-state index contributed by atoms with van der Waals surface area (Å²) in [5.74, 6) is 0.992. The van der Waals surface area contributed by atoms with Gasteiger partial charge in [0.05, 0.1) is 5.69 Å². The van der Waals surface area contributed by atoms with E-state index in [-0.39, 0.29) is 12.5 Å². The van der Waals surface area contributed by atoms with Gasteiger partial charge in [0, 0.05) is 0 Å². The largest absolute Gasteiger partial charge is 0.487 e. The number of hydrogen-bond acceptors (Lipinski definition) is 3. The molecule has 0 spiro atoms. The van der Waals surface area contributed by atoms with Crippen LogP contribution in [0, 0.1) is 0 Å². The van der Waals surface area contributed by atoms with Gasteiger partial charge in [-0.25, -0.2) is 0 Å². The molecule has 4 heteroatoms. The van der Waals surface area contributed by atoms with E-state index < -0.39 is 0 Å². The molecule has 3 rings (SSSR count). The van der Waals surface area contributed by atoms with E-state index in [1.165, 1.54) is 0 Å². The zero-order chi connectivity index (χ0) is 19.8. The van der Waals surface area contributed by atoms with Gasteiger partial charge in [-0.2, -0.15) is 0 Å². The molecule has 4 nitrogen and oxygen atoms in total. The van der Waals surface area contributed by atoms with Crippen molar-refractivity contribution in [2.75, 3.05) is 18.5 Å². The minimum atomic E-state index is -0.251. The molecule has 0 saturated heterocycles. The van der Waals surface area contributed by atoms with Crippen molar-refractivity contribution in [3.63, 3.8) is 0 Å². The molecule has 0 aliphatic carbocycles. The lowest BCUT2D eigenvalue weighted by Crippen LogP contribution is -2.20. The van der Waals surface area contributed by atoms with E-state index in [0.717, 1.165) is 16.7 Å². The summed E-state index contributed by atoms with van der Waals surface area (Å²) < 4.78 is 11.3. The molecule has 142 valence electrons. The molecule has 0 bridgehead atoms. The highest BCUT2D eigenvalue weighted by Gasteiger charge is 2.09. The maximum Gasteiger partial charge on any atom is 0.262 e. The van der Waals surface area contributed by atoms with Gasteiger partial charge in [-0.3, -0.25) is 4.79 Å². The van der Waals surface area contributed by atoms with E-state index >= 15 is 0 Å². The van der Waals surface area contributed by atoms with Crippen molar-refractivity contribution in [2.45, 2.75) is 6.92 Å². The number of para-hydroxylation sites is 2. The average Bonchev–Trinajstić information content (AvgIpc) is 2.72. The van der Waals surface area contributed by atoms with E-state index in [4.69, 9.17) is 9.47 Å². The number of anilines is 1. The summed E-state index contributed by atoms with van der Waals surface area (Å²) in [5.41, 5.74) is 3.75. The molecule has 0 fully saturated rings. The Labute approximate surface area is 165 Å². The summed E-state index contributed by atoms with van der Waals surface area (Å²) in [7, 11) is 0. The molecular formula is C24H23NO3. The zero-order valence-electron chi connectivity index (χ0n) is 15.9. The standard InChI is InChI=1S/C24H23NO3/c1-18(2)16-28-23-11-7-6-10-22(23)25-24(26)17-27-21-14-12-20(13-15-21)19-8-4-3-5-9-19/h3-15H,1,16-17H2,2H3,(H,25,26). The van der Waals surface area contributed by atoms with Crippen molar-refractivity contribution < 1.29 is 14.3 Å².